The van der Waals surface area contributed by atoms with E-state index in [1.807, 2.05) is 16.6 Å². The lowest BCUT2D eigenvalue weighted by Gasteiger charge is -2.00. The first-order valence-corrected chi connectivity index (χ1v) is 6.11. The normalized spacial score (nSPS) is 10.9. The van der Waals surface area contributed by atoms with Gasteiger partial charge in [-0.05, 0) is 35.0 Å². The van der Waals surface area contributed by atoms with Gasteiger partial charge in [-0.3, -0.25) is 0 Å². The van der Waals surface area contributed by atoms with Gasteiger partial charge in [0.1, 0.15) is 4.60 Å². The van der Waals surface area contributed by atoms with Crippen LogP contribution in [0.15, 0.2) is 47.2 Å². The Morgan fingerprint density at radius 3 is 2.65 bits per heavy atom. The Bertz CT molecular complexity index is 671. The lowest BCUT2D eigenvalue weighted by molar-refractivity contribution is 0.935. The van der Waals surface area contributed by atoms with Crippen LogP contribution in [-0.4, -0.2) is 14.6 Å². The lowest BCUT2D eigenvalue weighted by Crippen LogP contribution is -1.93. The molecule has 0 fully saturated rings. The number of benzene rings is 1. The molecule has 3 rings (SSSR count). The Morgan fingerprint density at radius 2 is 1.88 bits per heavy atom. The maximum Gasteiger partial charge on any atom is 0.162 e. The van der Waals surface area contributed by atoms with Crippen molar-refractivity contribution in [3.8, 4) is 11.4 Å². The molecule has 0 aliphatic rings. The van der Waals surface area contributed by atoms with Crippen LogP contribution >= 0.6 is 15.9 Å². The first-order valence-electron chi connectivity index (χ1n) is 5.32. The minimum absolute atomic E-state index is 0.821. The Morgan fingerprint density at radius 1 is 1.12 bits per heavy atom. The molecule has 2 heterocycles. The summed E-state index contributed by atoms with van der Waals surface area (Å²) in [6, 6.07) is 12.2. The van der Waals surface area contributed by atoms with Crippen molar-refractivity contribution in [1.82, 2.24) is 14.6 Å². The van der Waals surface area contributed by atoms with Crippen LogP contribution in [0.4, 0.5) is 0 Å². The van der Waals surface area contributed by atoms with Crippen molar-refractivity contribution < 1.29 is 0 Å². The second kappa shape index (κ2) is 3.96. The molecule has 0 N–H and O–H groups in total. The fourth-order valence-electron chi connectivity index (χ4n) is 1.78. The third-order valence-electron chi connectivity index (χ3n) is 2.68. The second-order valence-corrected chi connectivity index (χ2v) is 4.66. The number of nitrogens with zero attached hydrogens (tertiary/aromatic N) is 3. The number of halogens is 1. The van der Waals surface area contributed by atoms with E-state index >= 15 is 0 Å². The maximum absolute atomic E-state index is 4.51. The maximum atomic E-state index is 4.51. The number of aryl methyl sites for hydroxylation is 1. The minimum Gasteiger partial charge on any atom is -0.219 e. The van der Waals surface area contributed by atoms with E-state index in [1.165, 1.54) is 5.56 Å². The molecule has 4 heteroatoms. The molecule has 2 aromatic heterocycles. The topological polar surface area (TPSA) is 30.2 Å². The van der Waals surface area contributed by atoms with E-state index in [0.717, 1.165) is 21.5 Å². The van der Waals surface area contributed by atoms with Crippen LogP contribution in [0.1, 0.15) is 5.56 Å². The molecule has 0 bridgehead atoms. The zero-order valence-corrected chi connectivity index (χ0v) is 10.8. The quantitative estimate of drug-likeness (QED) is 0.686. The van der Waals surface area contributed by atoms with Gasteiger partial charge in [-0.15, -0.1) is 0 Å². The van der Waals surface area contributed by atoms with Crippen molar-refractivity contribution in [2.75, 3.05) is 0 Å². The van der Waals surface area contributed by atoms with Gasteiger partial charge in [-0.2, -0.15) is 5.10 Å². The first kappa shape index (κ1) is 10.5. The highest BCUT2D eigenvalue weighted by Gasteiger charge is 2.10. The van der Waals surface area contributed by atoms with Gasteiger partial charge in [0.25, 0.3) is 0 Å². The predicted octanol–water partition coefficient (Wildman–Crippen LogP) is 3.47. The van der Waals surface area contributed by atoms with Crippen molar-refractivity contribution in [1.29, 1.82) is 0 Å². The van der Waals surface area contributed by atoms with Crippen molar-refractivity contribution >= 4 is 21.4 Å². The monoisotopic (exact) mass is 287 g/mol. The van der Waals surface area contributed by atoms with Gasteiger partial charge in [0, 0.05) is 11.8 Å². The summed E-state index contributed by atoms with van der Waals surface area (Å²) in [4.78, 5) is 4.51. The molecule has 0 unspecified atom stereocenters. The van der Waals surface area contributed by atoms with Crippen LogP contribution in [0.3, 0.4) is 0 Å². The molecule has 0 spiro atoms. The number of hydrogen-bond acceptors (Lipinski definition) is 2. The number of fused-ring (bicyclic) bond motifs is 1. The molecule has 0 aliphatic carbocycles. The van der Waals surface area contributed by atoms with Crippen LogP contribution in [0.25, 0.3) is 16.9 Å². The first-order chi connectivity index (χ1) is 8.25. The van der Waals surface area contributed by atoms with E-state index < -0.39 is 0 Å². The van der Waals surface area contributed by atoms with Crippen LogP contribution in [0, 0.1) is 6.92 Å². The molecule has 0 amide bonds. The highest BCUT2D eigenvalue weighted by Crippen LogP contribution is 2.24. The lowest BCUT2D eigenvalue weighted by atomic mass is 10.1. The number of aromatic nitrogens is 3. The summed E-state index contributed by atoms with van der Waals surface area (Å²) >= 11 is 3.46. The zero-order valence-electron chi connectivity index (χ0n) is 9.26. The smallest absolute Gasteiger partial charge is 0.162 e. The van der Waals surface area contributed by atoms with Crippen LogP contribution in [0.2, 0.25) is 0 Å². The number of hydrogen-bond donors (Lipinski definition) is 0. The highest BCUT2D eigenvalue weighted by atomic mass is 79.9. The Balaban J connectivity index is 2.27. The van der Waals surface area contributed by atoms with Crippen LogP contribution in [0.5, 0.6) is 0 Å². The van der Waals surface area contributed by atoms with Gasteiger partial charge in [0.05, 0.1) is 5.52 Å². The average molecular weight is 288 g/mol. The third-order valence-corrected chi connectivity index (χ3v) is 3.26. The predicted molar refractivity (Wildman–Crippen MR) is 70.9 cm³/mol. The van der Waals surface area contributed by atoms with Crippen LogP contribution in [-0.2, 0) is 0 Å². The second-order valence-electron chi connectivity index (χ2n) is 3.91. The molecular formula is C13H10BrN3. The van der Waals surface area contributed by atoms with Crippen molar-refractivity contribution in [2.24, 2.45) is 0 Å². The van der Waals surface area contributed by atoms with E-state index in [2.05, 4.69) is 57.2 Å². The summed E-state index contributed by atoms with van der Waals surface area (Å²) in [5.41, 5.74) is 3.28. The molecule has 3 aromatic rings. The summed E-state index contributed by atoms with van der Waals surface area (Å²) < 4.78 is 2.66. The summed E-state index contributed by atoms with van der Waals surface area (Å²) in [6.45, 7) is 2.07. The third kappa shape index (κ3) is 1.74. The van der Waals surface area contributed by atoms with Gasteiger partial charge < -0.3 is 0 Å². The molecule has 0 radical (unpaired) electrons. The average Bonchev–Trinajstić information content (AvgIpc) is 2.69. The highest BCUT2D eigenvalue weighted by molar-refractivity contribution is 9.10. The Labute approximate surface area is 107 Å². The SMILES string of the molecule is Cc1ccc(-c2nc(Br)c3cccnn23)cc1. The Hall–Kier alpha value is -1.68. The molecular weight excluding hydrogens is 278 g/mol. The zero-order chi connectivity index (χ0) is 11.8. The van der Waals surface area contributed by atoms with E-state index in [0.29, 0.717) is 0 Å². The Kier molecular flexibility index (Phi) is 2.44. The minimum atomic E-state index is 0.821. The summed E-state index contributed by atoms with van der Waals surface area (Å²) in [5, 5.41) is 4.32. The summed E-state index contributed by atoms with van der Waals surface area (Å²) in [6.07, 6.45) is 1.76. The van der Waals surface area contributed by atoms with Gasteiger partial charge in [0.2, 0.25) is 0 Å². The molecule has 1 aromatic carbocycles. The van der Waals surface area contributed by atoms with Crippen molar-refractivity contribution in [3.05, 3.63) is 52.8 Å². The van der Waals surface area contributed by atoms with E-state index in [1.54, 1.807) is 6.20 Å². The fourth-order valence-corrected chi connectivity index (χ4v) is 2.25. The number of rotatable bonds is 1. The van der Waals surface area contributed by atoms with Gasteiger partial charge in [-0.25, -0.2) is 9.50 Å². The molecule has 0 atom stereocenters. The molecule has 0 aliphatic heterocycles. The standard InChI is InChI=1S/C13H10BrN3/c1-9-4-6-10(7-5-9)13-16-12(14)11-3-2-8-15-17(11)13/h2-8H,1H3. The van der Waals surface area contributed by atoms with Crippen LogP contribution < -0.4 is 0 Å². The molecule has 0 saturated heterocycles. The van der Waals surface area contributed by atoms with Gasteiger partial charge in [0.15, 0.2) is 5.82 Å². The molecule has 3 nitrogen and oxygen atoms in total. The summed E-state index contributed by atoms with van der Waals surface area (Å²) in [5.74, 6) is 0.854. The molecule has 17 heavy (non-hydrogen) atoms. The van der Waals surface area contributed by atoms with E-state index in [4.69, 9.17) is 0 Å². The summed E-state index contributed by atoms with van der Waals surface area (Å²) in [7, 11) is 0. The van der Waals surface area contributed by atoms with Crippen molar-refractivity contribution in [2.45, 2.75) is 6.92 Å². The molecule has 0 saturated carbocycles. The van der Waals surface area contributed by atoms with Crippen molar-refractivity contribution in [3.63, 3.8) is 0 Å². The van der Waals surface area contributed by atoms with Gasteiger partial charge in [-0.1, -0.05) is 29.8 Å². The molecule has 84 valence electrons. The number of imidazole rings is 1. The fraction of sp³-hybridized carbons (Fsp3) is 0.0769. The van der Waals surface area contributed by atoms with E-state index in [9.17, 15) is 0 Å². The largest absolute Gasteiger partial charge is 0.219 e. The van der Waals surface area contributed by atoms with E-state index in [-0.39, 0.29) is 0 Å². The van der Waals surface area contributed by atoms with Gasteiger partial charge >= 0.3 is 0 Å².